The molecule has 14 nitrogen and oxygen atoms in total. The topological polar surface area (TPSA) is 228 Å². The van der Waals surface area contributed by atoms with Gasteiger partial charge in [0.05, 0.1) is 32.0 Å². The minimum atomic E-state index is -1.78. The lowest BCUT2D eigenvalue weighted by molar-refractivity contribution is -0.359. The lowest BCUT2D eigenvalue weighted by atomic mass is 9.97. The van der Waals surface area contributed by atoms with E-state index in [0.717, 1.165) is 38.5 Å². The van der Waals surface area contributed by atoms with Gasteiger partial charge >= 0.3 is 0 Å². The Morgan fingerprint density at radius 1 is 0.686 bits per heavy atom. The van der Waals surface area contributed by atoms with Crippen molar-refractivity contribution in [2.45, 2.75) is 197 Å². The maximum atomic E-state index is 12.9. The average Bonchev–Trinajstić information content (AvgIpc) is 3.12. The Kier molecular flexibility index (Phi) is 23.8. The SMILES string of the molecule is CCCCCCCCCC/C=C/C(O)C(COC1OC(CO)C(OC2OC(CO)C(O)C(O)C2O)C(O)C1O)NC(=O)CCCCCCCCC. The molecule has 9 N–H and O–H groups in total. The Morgan fingerprint density at radius 3 is 1.80 bits per heavy atom. The molecule has 2 saturated heterocycles. The van der Waals surface area contributed by atoms with E-state index in [1.165, 1.54) is 57.8 Å². The first-order chi connectivity index (χ1) is 24.6. The highest BCUT2D eigenvalue weighted by atomic mass is 16.7. The van der Waals surface area contributed by atoms with E-state index in [2.05, 4.69) is 19.2 Å². The number of nitrogens with one attached hydrogen (secondary N) is 1. The number of carbonyl (C=O) groups is 1. The zero-order valence-corrected chi connectivity index (χ0v) is 30.8. The Labute approximate surface area is 304 Å². The van der Waals surface area contributed by atoms with Crippen LogP contribution in [0.25, 0.3) is 0 Å². The minimum absolute atomic E-state index is 0.251. The molecule has 2 aliphatic rings. The zero-order chi connectivity index (χ0) is 37.6. The Hall–Kier alpha value is -1.27. The highest BCUT2D eigenvalue weighted by Crippen LogP contribution is 2.29. The van der Waals surface area contributed by atoms with Gasteiger partial charge < -0.3 is 65.1 Å². The maximum absolute atomic E-state index is 12.9. The molecule has 0 bridgehead atoms. The lowest BCUT2D eigenvalue weighted by Crippen LogP contribution is -2.65. The van der Waals surface area contributed by atoms with E-state index in [9.17, 15) is 45.6 Å². The third kappa shape index (κ3) is 16.3. The molecule has 0 saturated carbocycles. The van der Waals surface area contributed by atoms with Gasteiger partial charge in [0, 0.05) is 6.42 Å². The summed E-state index contributed by atoms with van der Waals surface area (Å²) >= 11 is 0. The molecular formula is C37H69NO13. The fraction of sp³-hybridized carbons (Fsp3) is 0.919. The van der Waals surface area contributed by atoms with Crippen LogP contribution in [0.15, 0.2) is 12.2 Å². The molecule has 12 unspecified atom stereocenters. The van der Waals surface area contributed by atoms with E-state index in [1.807, 2.05) is 6.08 Å². The van der Waals surface area contributed by atoms with Crippen LogP contribution in [-0.4, -0.2) is 140 Å². The second-order valence-electron chi connectivity index (χ2n) is 14.1. The monoisotopic (exact) mass is 735 g/mol. The van der Waals surface area contributed by atoms with Gasteiger partial charge in [-0.05, 0) is 19.3 Å². The number of ether oxygens (including phenoxy) is 4. The molecule has 2 heterocycles. The molecule has 12 atom stereocenters. The molecule has 51 heavy (non-hydrogen) atoms. The summed E-state index contributed by atoms with van der Waals surface area (Å²) in [5.74, 6) is -0.251. The van der Waals surface area contributed by atoms with Crippen molar-refractivity contribution in [1.29, 1.82) is 0 Å². The second-order valence-corrected chi connectivity index (χ2v) is 14.1. The van der Waals surface area contributed by atoms with Gasteiger partial charge in [-0.2, -0.15) is 0 Å². The number of amides is 1. The van der Waals surface area contributed by atoms with E-state index in [4.69, 9.17) is 18.9 Å². The number of hydrogen-bond acceptors (Lipinski definition) is 13. The third-order valence-corrected chi connectivity index (χ3v) is 9.72. The lowest BCUT2D eigenvalue weighted by Gasteiger charge is -2.46. The molecule has 0 aromatic heterocycles. The van der Waals surface area contributed by atoms with Crippen molar-refractivity contribution < 1.29 is 64.6 Å². The van der Waals surface area contributed by atoms with E-state index in [0.29, 0.717) is 6.42 Å². The molecule has 0 aliphatic carbocycles. The first-order valence-corrected chi connectivity index (χ1v) is 19.4. The highest BCUT2D eigenvalue weighted by Gasteiger charge is 2.50. The third-order valence-electron chi connectivity index (χ3n) is 9.72. The van der Waals surface area contributed by atoms with Crippen LogP contribution in [0.4, 0.5) is 0 Å². The van der Waals surface area contributed by atoms with Crippen molar-refractivity contribution >= 4 is 5.91 Å². The maximum Gasteiger partial charge on any atom is 0.220 e. The van der Waals surface area contributed by atoms with Crippen molar-refractivity contribution in [3.63, 3.8) is 0 Å². The summed E-state index contributed by atoms with van der Waals surface area (Å²) in [4.78, 5) is 12.9. The van der Waals surface area contributed by atoms with E-state index in [-0.39, 0.29) is 18.9 Å². The molecule has 2 aliphatic heterocycles. The van der Waals surface area contributed by atoms with Crippen LogP contribution in [0, 0.1) is 0 Å². The first kappa shape index (κ1) is 45.9. The van der Waals surface area contributed by atoms with Gasteiger partial charge in [0.1, 0.15) is 48.8 Å². The molecule has 1 amide bonds. The Balaban J connectivity index is 1.98. The average molecular weight is 736 g/mol. The fourth-order valence-electron chi connectivity index (χ4n) is 6.40. The van der Waals surface area contributed by atoms with Crippen molar-refractivity contribution in [3.8, 4) is 0 Å². The van der Waals surface area contributed by atoms with Gasteiger partial charge in [-0.15, -0.1) is 0 Å². The van der Waals surface area contributed by atoms with Crippen LogP contribution in [0.2, 0.25) is 0 Å². The molecule has 0 aromatic carbocycles. The van der Waals surface area contributed by atoms with E-state index < -0.39 is 86.8 Å². The summed E-state index contributed by atoms with van der Waals surface area (Å²) in [6, 6.07) is -0.902. The largest absolute Gasteiger partial charge is 0.394 e. The van der Waals surface area contributed by atoms with Crippen LogP contribution < -0.4 is 5.32 Å². The molecule has 2 rings (SSSR count). The molecule has 2 fully saturated rings. The van der Waals surface area contributed by atoms with Crippen molar-refractivity contribution in [3.05, 3.63) is 12.2 Å². The first-order valence-electron chi connectivity index (χ1n) is 19.4. The van der Waals surface area contributed by atoms with Crippen LogP contribution in [0.3, 0.4) is 0 Å². The fourth-order valence-corrected chi connectivity index (χ4v) is 6.40. The quantitative estimate of drug-likeness (QED) is 0.0433. The van der Waals surface area contributed by atoms with Crippen molar-refractivity contribution in [2.75, 3.05) is 19.8 Å². The Bertz CT molecular complexity index is 925. The van der Waals surface area contributed by atoms with Crippen molar-refractivity contribution in [1.82, 2.24) is 5.32 Å². The van der Waals surface area contributed by atoms with Gasteiger partial charge in [-0.3, -0.25) is 4.79 Å². The van der Waals surface area contributed by atoms with Crippen molar-refractivity contribution in [2.24, 2.45) is 0 Å². The van der Waals surface area contributed by atoms with Crippen LogP contribution >= 0.6 is 0 Å². The van der Waals surface area contributed by atoms with Crippen LogP contribution in [-0.2, 0) is 23.7 Å². The number of aliphatic hydroxyl groups is 8. The smallest absolute Gasteiger partial charge is 0.220 e. The molecule has 0 spiro atoms. The molecule has 14 heteroatoms. The molecule has 0 aromatic rings. The number of carbonyl (C=O) groups excluding carboxylic acids is 1. The van der Waals surface area contributed by atoms with Gasteiger partial charge in [0.15, 0.2) is 12.6 Å². The Morgan fingerprint density at radius 2 is 1.22 bits per heavy atom. The summed E-state index contributed by atoms with van der Waals surface area (Å²) in [5.41, 5.74) is 0. The predicted molar refractivity (Wildman–Crippen MR) is 189 cm³/mol. The van der Waals surface area contributed by atoms with Gasteiger partial charge in [-0.25, -0.2) is 0 Å². The summed E-state index contributed by atoms with van der Waals surface area (Å²) in [6.45, 7) is 2.66. The second kappa shape index (κ2) is 26.5. The van der Waals surface area contributed by atoms with Gasteiger partial charge in [0.25, 0.3) is 0 Å². The highest BCUT2D eigenvalue weighted by molar-refractivity contribution is 5.76. The van der Waals surface area contributed by atoms with Crippen LogP contribution in [0.1, 0.15) is 123 Å². The summed E-state index contributed by atoms with van der Waals surface area (Å²) in [5, 5.41) is 85.8. The van der Waals surface area contributed by atoms with E-state index >= 15 is 0 Å². The summed E-state index contributed by atoms with van der Waals surface area (Å²) in [6.07, 6.45) is 4.49. The van der Waals surface area contributed by atoms with Gasteiger partial charge in [-0.1, -0.05) is 109 Å². The zero-order valence-electron chi connectivity index (χ0n) is 30.8. The molecular weight excluding hydrogens is 666 g/mol. The number of hydrogen-bond donors (Lipinski definition) is 9. The number of allylic oxidation sites excluding steroid dienone is 1. The predicted octanol–water partition coefficient (Wildman–Crippen LogP) is 1.70. The number of rotatable bonds is 27. The summed E-state index contributed by atoms with van der Waals surface area (Å²) in [7, 11) is 0. The number of unbranched alkanes of at least 4 members (excludes halogenated alkanes) is 14. The standard InChI is InChI=1S/C37H69NO13/c1-3-5-7-9-11-12-13-15-16-18-20-26(41)25(38-29(42)21-19-17-14-10-8-6-4-2)24-48-36-34(47)32(45)35(28(23-40)50-36)51-37-33(46)31(44)30(43)27(22-39)49-37/h18,20,25-28,30-37,39-41,43-47H,3-17,19,21-24H2,1-2H3,(H,38,42)/b20-18+. The molecule has 0 radical (unpaired) electrons. The normalized spacial score (nSPS) is 31.2. The summed E-state index contributed by atoms with van der Waals surface area (Å²) < 4.78 is 22.5. The van der Waals surface area contributed by atoms with Gasteiger partial charge in [0.2, 0.25) is 5.91 Å². The van der Waals surface area contributed by atoms with Crippen LogP contribution in [0.5, 0.6) is 0 Å². The minimum Gasteiger partial charge on any atom is -0.394 e. The van der Waals surface area contributed by atoms with E-state index in [1.54, 1.807) is 6.08 Å². The molecule has 300 valence electrons. The number of aliphatic hydroxyl groups excluding tert-OH is 8.